The van der Waals surface area contributed by atoms with E-state index in [1.54, 1.807) is 23.0 Å². The Bertz CT molecular complexity index is 1100. The monoisotopic (exact) mass is 572 g/mol. The molecule has 2 N–H and O–H groups in total. The number of anilines is 1. The molecule has 0 unspecified atom stereocenters. The molecule has 1 aromatic heterocycles. The van der Waals surface area contributed by atoms with Crippen LogP contribution in [-0.2, 0) is 0 Å². The van der Waals surface area contributed by atoms with Crippen molar-refractivity contribution in [1.82, 2.24) is 24.9 Å². The van der Waals surface area contributed by atoms with Crippen molar-refractivity contribution in [3.8, 4) is 11.5 Å². The molecule has 1 aliphatic heterocycles. The first-order valence-corrected chi connectivity index (χ1v) is 15.9. The molecular weight excluding hydrogens is 527 g/mol. The van der Waals surface area contributed by atoms with Crippen molar-refractivity contribution in [1.29, 1.82) is 0 Å². The molecule has 1 atom stereocenters. The number of carbonyl (C=O) groups excluding carboxylic acids is 1. The second-order valence-corrected chi connectivity index (χ2v) is 11.9. The molecule has 1 saturated carbocycles. The van der Waals surface area contributed by atoms with E-state index >= 15 is 0 Å². The summed E-state index contributed by atoms with van der Waals surface area (Å²) >= 11 is 1.73. The number of benzene rings is 1. The van der Waals surface area contributed by atoms with Crippen LogP contribution in [0, 0.1) is 17.7 Å². The molecule has 10 heteroatoms. The average Bonchev–Trinajstić information content (AvgIpc) is 2.95. The Labute approximate surface area is 243 Å². The van der Waals surface area contributed by atoms with E-state index in [1.165, 1.54) is 56.6 Å². The average molecular weight is 573 g/mol. The third kappa shape index (κ3) is 8.07. The van der Waals surface area contributed by atoms with Gasteiger partial charge in [-0.3, -0.25) is 9.52 Å². The van der Waals surface area contributed by atoms with E-state index < -0.39 is 5.82 Å². The summed E-state index contributed by atoms with van der Waals surface area (Å²) in [6.07, 6.45) is 12.6. The molecule has 0 radical (unpaired) electrons. The largest absolute Gasteiger partial charge is 0.451 e. The van der Waals surface area contributed by atoms with E-state index in [-0.39, 0.29) is 17.5 Å². The second kappa shape index (κ2) is 15.0. The fourth-order valence-corrected chi connectivity index (χ4v) is 6.53. The topological polar surface area (TPSA) is 82.6 Å². The van der Waals surface area contributed by atoms with Crippen LogP contribution in [0.5, 0.6) is 11.5 Å². The fraction of sp³-hybridized carbons (Fsp3) is 0.633. The van der Waals surface area contributed by atoms with Crippen molar-refractivity contribution in [2.45, 2.75) is 71.4 Å². The normalized spacial score (nSPS) is 21.4. The highest BCUT2D eigenvalue weighted by atomic mass is 32.2. The number of rotatable bonds is 12. The molecule has 2 heterocycles. The van der Waals surface area contributed by atoms with Crippen LogP contribution in [0.4, 0.5) is 10.2 Å². The Morgan fingerprint density at radius 2 is 1.95 bits per heavy atom. The van der Waals surface area contributed by atoms with Gasteiger partial charge in [0.05, 0.1) is 11.8 Å². The maximum Gasteiger partial charge on any atom is 0.257 e. The summed E-state index contributed by atoms with van der Waals surface area (Å²) in [6.45, 7) is 10.1. The lowest BCUT2D eigenvalue weighted by atomic mass is 9.86. The number of piperidine rings is 1. The van der Waals surface area contributed by atoms with Gasteiger partial charge >= 0.3 is 0 Å². The number of nitrogens with zero attached hydrogens (tertiary/aromatic N) is 4. The maximum atomic E-state index is 14.2. The Hall–Kier alpha value is -2.43. The van der Waals surface area contributed by atoms with Gasteiger partial charge in [0.1, 0.15) is 17.9 Å². The van der Waals surface area contributed by atoms with Gasteiger partial charge in [0.25, 0.3) is 5.91 Å². The smallest absolute Gasteiger partial charge is 0.257 e. The molecule has 4 rings (SSSR count). The predicted octanol–water partition coefficient (Wildman–Crippen LogP) is 5.51. The molecule has 2 fully saturated rings. The quantitative estimate of drug-likeness (QED) is 0.322. The highest BCUT2D eigenvalue weighted by Gasteiger charge is 2.27. The first kappa shape index (κ1) is 30.5. The molecule has 220 valence electrons. The van der Waals surface area contributed by atoms with Gasteiger partial charge in [0.15, 0.2) is 11.6 Å². The lowest BCUT2D eigenvalue weighted by Crippen LogP contribution is -2.41. The molecule has 1 amide bonds. The molecule has 40 heavy (non-hydrogen) atoms. The summed E-state index contributed by atoms with van der Waals surface area (Å²) in [7, 11) is 0. The van der Waals surface area contributed by atoms with Gasteiger partial charge in [-0.25, -0.2) is 14.4 Å². The summed E-state index contributed by atoms with van der Waals surface area (Å²) in [4.78, 5) is 26.0. The van der Waals surface area contributed by atoms with E-state index in [0.29, 0.717) is 35.8 Å². The molecule has 0 spiro atoms. The summed E-state index contributed by atoms with van der Waals surface area (Å²) < 4.78 is 24.0. The van der Waals surface area contributed by atoms with Crippen LogP contribution in [0.15, 0.2) is 30.7 Å². The first-order chi connectivity index (χ1) is 19.4. The summed E-state index contributed by atoms with van der Waals surface area (Å²) in [5, 5.41) is 3.75. The highest BCUT2D eigenvalue weighted by Crippen LogP contribution is 2.34. The molecule has 1 aromatic carbocycles. The van der Waals surface area contributed by atoms with E-state index in [9.17, 15) is 9.18 Å². The third-order valence-electron chi connectivity index (χ3n) is 8.09. The van der Waals surface area contributed by atoms with Crippen LogP contribution in [0.25, 0.3) is 0 Å². The van der Waals surface area contributed by atoms with Crippen LogP contribution in [0.3, 0.4) is 0 Å². The van der Waals surface area contributed by atoms with Crippen molar-refractivity contribution in [2.24, 2.45) is 11.8 Å². The number of halogens is 1. The Morgan fingerprint density at radius 3 is 2.67 bits per heavy atom. The Morgan fingerprint density at radius 1 is 1.18 bits per heavy atom. The number of aromatic nitrogens is 2. The van der Waals surface area contributed by atoms with Gasteiger partial charge in [-0.1, -0.05) is 11.9 Å². The highest BCUT2D eigenvalue weighted by molar-refractivity contribution is 7.96. The van der Waals surface area contributed by atoms with Gasteiger partial charge in [-0.05, 0) is 109 Å². The van der Waals surface area contributed by atoms with E-state index in [0.717, 1.165) is 38.5 Å². The first-order valence-electron chi connectivity index (χ1n) is 14.7. The predicted molar refractivity (Wildman–Crippen MR) is 161 cm³/mol. The van der Waals surface area contributed by atoms with Gasteiger partial charge in [0.2, 0.25) is 0 Å². The Balaban J connectivity index is 1.39. The molecule has 2 aromatic rings. The number of carbonyl (C=O) groups is 1. The summed E-state index contributed by atoms with van der Waals surface area (Å²) in [6, 6.07) is 4.72. The lowest BCUT2D eigenvalue weighted by molar-refractivity contribution is 0.0713. The molecular formula is C30H45FN6O2S. The molecule has 2 aliphatic rings. The number of ether oxygens (including phenoxy) is 1. The van der Waals surface area contributed by atoms with Crippen LogP contribution >= 0.6 is 11.9 Å². The van der Waals surface area contributed by atoms with Crippen molar-refractivity contribution < 1.29 is 13.9 Å². The number of nitrogens with one attached hydrogen (secondary N) is 2. The minimum Gasteiger partial charge on any atom is -0.451 e. The van der Waals surface area contributed by atoms with Crippen LogP contribution < -0.4 is 19.7 Å². The number of hydrogen-bond acceptors (Lipinski definition) is 8. The number of amides is 1. The zero-order valence-corrected chi connectivity index (χ0v) is 25.2. The van der Waals surface area contributed by atoms with Crippen LogP contribution in [-0.4, -0.2) is 71.8 Å². The van der Waals surface area contributed by atoms with E-state index in [4.69, 9.17) is 4.74 Å². The maximum absolute atomic E-state index is 14.2. The molecule has 0 bridgehead atoms. The fourth-order valence-electron chi connectivity index (χ4n) is 5.96. The SMILES string of the molecule is CCN(C(=O)c1cc(F)ccc1Oc1cncnc1N1CCC[C@H](CNC[C@H]2CC[C@H](NSC)CC2)C1)C(C)C. The van der Waals surface area contributed by atoms with Crippen molar-refractivity contribution >= 4 is 23.7 Å². The van der Waals surface area contributed by atoms with Gasteiger partial charge < -0.3 is 19.9 Å². The van der Waals surface area contributed by atoms with Crippen molar-refractivity contribution in [3.63, 3.8) is 0 Å². The minimum atomic E-state index is -0.476. The van der Waals surface area contributed by atoms with Gasteiger partial charge in [0, 0.05) is 31.7 Å². The van der Waals surface area contributed by atoms with Crippen molar-refractivity contribution in [3.05, 3.63) is 42.1 Å². The van der Waals surface area contributed by atoms with Gasteiger partial charge in [-0.2, -0.15) is 0 Å². The van der Waals surface area contributed by atoms with Gasteiger partial charge in [-0.15, -0.1) is 0 Å². The summed E-state index contributed by atoms with van der Waals surface area (Å²) in [5.74, 6) is 2.02. The zero-order valence-electron chi connectivity index (χ0n) is 24.4. The van der Waals surface area contributed by atoms with Crippen LogP contribution in [0.1, 0.15) is 69.7 Å². The lowest BCUT2D eigenvalue weighted by Gasteiger charge is -2.35. The van der Waals surface area contributed by atoms with Crippen LogP contribution in [0.2, 0.25) is 0 Å². The summed E-state index contributed by atoms with van der Waals surface area (Å²) in [5.41, 5.74) is 0.198. The standard InChI is InChI=1S/C30H45FN6O2S/c1-5-37(21(2)3)30(38)26-15-24(31)10-13-27(26)39-28-18-33-20-34-29(28)36-14-6-7-23(19-36)17-32-16-22-8-11-25(12-9-22)35-40-4/h10,13,15,18,20-23,25,32,35H,5-9,11-12,14,16-17,19H2,1-4H3/t22-,23-,25-/m1/s1. The van der Waals surface area contributed by atoms with E-state index in [2.05, 4.69) is 31.2 Å². The second-order valence-electron chi connectivity index (χ2n) is 11.3. The molecule has 1 saturated heterocycles. The van der Waals surface area contributed by atoms with Crippen molar-refractivity contribution in [2.75, 3.05) is 43.9 Å². The third-order valence-corrected chi connectivity index (χ3v) is 8.66. The minimum absolute atomic E-state index is 0.0182. The zero-order chi connectivity index (χ0) is 28.5. The van der Waals surface area contributed by atoms with E-state index in [1.807, 2.05) is 20.8 Å². The molecule has 8 nitrogen and oxygen atoms in total. The Kier molecular flexibility index (Phi) is 11.4. The number of hydrogen-bond donors (Lipinski definition) is 2. The molecule has 1 aliphatic carbocycles.